The molecule has 0 aliphatic carbocycles. The third-order valence-corrected chi connectivity index (χ3v) is 7.60. The Kier molecular flexibility index (Phi) is 20.3. The first-order valence-corrected chi connectivity index (χ1v) is 17.3. The summed E-state index contributed by atoms with van der Waals surface area (Å²) in [6.07, 6.45) is 7.90. The third-order valence-electron chi connectivity index (χ3n) is 7.60. The molecule has 52 heavy (non-hydrogen) atoms. The predicted octanol–water partition coefficient (Wildman–Crippen LogP) is 5.04. The summed E-state index contributed by atoms with van der Waals surface area (Å²) in [4.78, 5) is 57.2. The monoisotopic (exact) mass is 720 g/mol. The van der Waals surface area contributed by atoms with E-state index in [1.165, 1.54) is 44.1 Å². The van der Waals surface area contributed by atoms with Crippen molar-refractivity contribution in [1.82, 2.24) is 10.2 Å². The van der Waals surface area contributed by atoms with Gasteiger partial charge in [0.2, 0.25) is 5.91 Å². The van der Waals surface area contributed by atoms with Crippen LogP contribution in [-0.2, 0) is 9.59 Å². The molecular formula is C39H56N6O7. The van der Waals surface area contributed by atoms with Crippen LogP contribution in [0.5, 0.6) is 0 Å². The minimum atomic E-state index is -1.05. The molecule has 0 saturated heterocycles. The van der Waals surface area contributed by atoms with Crippen LogP contribution in [0.3, 0.4) is 0 Å². The van der Waals surface area contributed by atoms with E-state index in [4.69, 9.17) is 26.8 Å². The lowest BCUT2D eigenvalue weighted by atomic mass is 10.0. The van der Waals surface area contributed by atoms with Crippen molar-refractivity contribution in [2.45, 2.75) is 73.6 Å². The van der Waals surface area contributed by atoms with Crippen LogP contribution in [0.15, 0.2) is 57.5 Å². The summed E-state index contributed by atoms with van der Waals surface area (Å²) in [6, 6.07) is 9.55. The number of nitrogens with one attached hydrogen (secondary N) is 1. The molecule has 0 saturated carbocycles. The Morgan fingerprint density at radius 2 is 1.13 bits per heavy atom. The second-order valence-corrected chi connectivity index (χ2v) is 12.0. The lowest BCUT2D eigenvalue weighted by Gasteiger charge is -2.22. The van der Waals surface area contributed by atoms with Gasteiger partial charge in [-0.1, -0.05) is 59.4 Å². The fraction of sp³-hybridized carbons (Fsp3) is 0.436. The zero-order valence-electron chi connectivity index (χ0n) is 30.1. The quantitative estimate of drug-likeness (QED) is 0.113. The average molecular weight is 721 g/mol. The molecule has 2 aliphatic rings. The van der Waals surface area contributed by atoms with E-state index < -0.39 is 25.0 Å². The SMILES string of the molecule is C.CCCN(CCC)C(=O)C1=Cc2ccc(C(=O)CO)cc2N=C(N)C1.CCCNCCC.NC1=Nc2cc(C(=O)CO)ccc2C=C(C(=O)O)C1. The topological polar surface area (TPSA) is 221 Å². The number of hydrogen-bond acceptors (Lipinski definition) is 11. The Balaban J connectivity index is 0.000000443. The van der Waals surface area contributed by atoms with Gasteiger partial charge in [-0.25, -0.2) is 14.8 Å². The number of hydrogen-bond donors (Lipinski definition) is 6. The van der Waals surface area contributed by atoms with Gasteiger partial charge < -0.3 is 37.0 Å². The summed E-state index contributed by atoms with van der Waals surface area (Å²) < 4.78 is 0. The molecule has 2 aliphatic heterocycles. The molecule has 0 radical (unpaired) electrons. The number of aliphatic carboxylic acids is 1. The zero-order valence-corrected chi connectivity index (χ0v) is 30.1. The Labute approximate surface area is 307 Å². The maximum absolute atomic E-state index is 12.9. The number of rotatable bonds is 14. The molecular weight excluding hydrogens is 664 g/mol. The molecule has 4 rings (SSSR count). The smallest absolute Gasteiger partial charge is 0.332 e. The van der Waals surface area contributed by atoms with E-state index in [0.717, 1.165) is 18.4 Å². The van der Waals surface area contributed by atoms with Crippen molar-refractivity contribution in [2.24, 2.45) is 21.5 Å². The molecule has 0 bridgehead atoms. The van der Waals surface area contributed by atoms with Crippen molar-refractivity contribution in [3.8, 4) is 0 Å². The van der Waals surface area contributed by atoms with Crippen molar-refractivity contribution in [3.63, 3.8) is 0 Å². The second kappa shape index (κ2) is 23.5. The molecule has 13 nitrogen and oxygen atoms in total. The molecule has 1 amide bonds. The first-order chi connectivity index (χ1) is 24.4. The highest BCUT2D eigenvalue weighted by Crippen LogP contribution is 2.29. The number of fused-ring (bicyclic) bond motifs is 2. The number of Topliss-reactive ketones (excluding diaryl/α,β-unsaturated/α-hetero) is 2. The van der Waals surface area contributed by atoms with Gasteiger partial charge in [0.15, 0.2) is 11.6 Å². The first kappa shape index (κ1) is 45.0. The number of aliphatic hydroxyl groups excluding tert-OH is 2. The molecule has 0 spiro atoms. The van der Waals surface area contributed by atoms with Crippen LogP contribution in [-0.4, -0.2) is 94.7 Å². The Hall–Kier alpha value is -4.98. The first-order valence-electron chi connectivity index (χ1n) is 17.3. The lowest BCUT2D eigenvalue weighted by Crippen LogP contribution is -2.34. The summed E-state index contributed by atoms with van der Waals surface area (Å²) in [6.45, 7) is 11.1. The summed E-state index contributed by atoms with van der Waals surface area (Å²) in [5, 5.41) is 30.1. The van der Waals surface area contributed by atoms with Gasteiger partial charge in [-0.05, 0) is 63.1 Å². The number of amides is 1. The molecule has 284 valence electrons. The molecule has 2 aromatic carbocycles. The Morgan fingerprint density at radius 1 is 0.712 bits per heavy atom. The number of amidine groups is 2. The van der Waals surface area contributed by atoms with E-state index >= 15 is 0 Å². The fourth-order valence-corrected chi connectivity index (χ4v) is 5.12. The molecule has 0 unspecified atom stereocenters. The van der Waals surface area contributed by atoms with Gasteiger partial charge in [0.25, 0.3) is 0 Å². The van der Waals surface area contributed by atoms with Gasteiger partial charge in [0, 0.05) is 59.3 Å². The largest absolute Gasteiger partial charge is 0.478 e. The summed E-state index contributed by atoms with van der Waals surface area (Å²) in [5.74, 6) is -1.38. The van der Waals surface area contributed by atoms with Gasteiger partial charge in [0.1, 0.15) is 24.9 Å². The zero-order chi connectivity index (χ0) is 37.9. The normalized spacial score (nSPS) is 12.8. The fourth-order valence-electron chi connectivity index (χ4n) is 5.12. The van der Waals surface area contributed by atoms with E-state index in [1.54, 1.807) is 30.3 Å². The lowest BCUT2D eigenvalue weighted by molar-refractivity contribution is -0.132. The number of carbonyl (C=O) groups is 4. The van der Waals surface area contributed by atoms with Crippen LogP contribution >= 0.6 is 0 Å². The second-order valence-electron chi connectivity index (χ2n) is 12.0. The van der Waals surface area contributed by atoms with Crippen LogP contribution in [0, 0.1) is 0 Å². The Morgan fingerprint density at radius 3 is 1.52 bits per heavy atom. The van der Waals surface area contributed by atoms with Gasteiger partial charge in [-0.15, -0.1) is 0 Å². The number of aliphatic hydroxyl groups is 2. The van der Waals surface area contributed by atoms with E-state index in [0.29, 0.717) is 52.6 Å². The van der Waals surface area contributed by atoms with Crippen LogP contribution in [0.2, 0.25) is 0 Å². The number of nitrogens with two attached hydrogens (primary N) is 2. The third kappa shape index (κ3) is 14.0. The van der Waals surface area contributed by atoms with Crippen LogP contribution in [0.4, 0.5) is 11.4 Å². The molecule has 0 atom stereocenters. The van der Waals surface area contributed by atoms with Crippen molar-refractivity contribution in [3.05, 3.63) is 69.8 Å². The highest BCUT2D eigenvalue weighted by molar-refractivity contribution is 6.06. The molecule has 2 aromatic rings. The van der Waals surface area contributed by atoms with E-state index in [2.05, 4.69) is 29.1 Å². The summed E-state index contributed by atoms with van der Waals surface area (Å²) in [5.41, 5.74) is 15.3. The molecule has 13 heteroatoms. The van der Waals surface area contributed by atoms with Gasteiger partial charge >= 0.3 is 5.97 Å². The minimum Gasteiger partial charge on any atom is -0.478 e. The van der Waals surface area contributed by atoms with Crippen molar-refractivity contribution >= 4 is 58.6 Å². The summed E-state index contributed by atoms with van der Waals surface area (Å²) >= 11 is 0. The molecule has 2 heterocycles. The number of benzene rings is 2. The van der Waals surface area contributed by atoms with Gasteiger partial charge in [-0.3, -0.25) is 14.4 Å². The number of nitrogens with zero attached hydrogens (tertiary/aromatic N) is 3. The molecule has 0 fully saturated rings. The predicted molar refractivity (Wildman–Crippen MR) is 208 cm³/mol. The minimum absolute atomic E-state index is 0. The van der Waals surface area contributed by atoms with E-state index in [9.17, 15) is 19.2 Å². The maximum atomic E-state index is 12.9. The summed E-state index contributed by atoms with van der Waals surface area (Å²) in [7, 11) is 0. The number of carboxylic acid groups (broad SMARTS) is 1. The van der Waals surface area contributed by atoms with Gasteiger partial charge in [-0.2, -0.15) is 0 Å². The van der Waals surface area contributed by atoms with Crippen LogP contribution < -0.4 is 16.8 Å². The van der Waals surface area contributed by atoms with Crippen molar-refractivity contribution in [2.75, 3.05) is 39.4 Å². The number of aliphatic imine (C=N–C) groups is 2. The number of carboxylic acids is 1. The molecule has 8 N–H and O–H groups in total. The van der Waals surface area contributed by atoms with E-state index in [1.807, 2.05) is 18.7 Å². The highest BCUT2D eigenvalue weighted by atomic mass is 16.4. The van der Waals surface area contributed by atoms with Crippen LogP contribution in [0.25, 0.3) is 12.2 Å². The standard InChI is InChI=1S/C19H25N3O3.C13H12N2O4.C6H15N.CH4/c1-3-7-22(8-4-2)19(25)15-9-13-5-6-14(17(24)12-23)10-16(13)21-18(20)11-15;14-12-5-9(13(18)19)3-7-1-2-8(11(17)6-16)4-10(7)15-12;1-3-5-7-6-4-2;/h5-6,9-10,23H,3-4,7-8,11-12H2,1-2H3,(H2,20,21);1-4,16H,5-6H2,(H2,14,15)(H,18,19);7H,3-6H2,1-2H3;1H4. The van der Waals surface area contributed by atoms with E-state index in [-0.39, 0.29) is 43.4 Å². The van der Waals surface area contributed by atoms with Crippen molar-refractivity contribution < 1.29 is 34.5 Å². The average Bonchev–Trinajstić information content (AvgIpc) is 3.40. The Bertz CT molecular complexity index is 1650. The van der Waals surface area contributed by atoms with Gasteiger partial charge in [0.05, 0.1) is 11.4 Å². The maximum Gasteiger partial charge on any atom is 0.332 e. The van der Waals surface area contributed by atoms with Crippen LogP contribution in [0.1, 0.15) is 105 Å². The van der Waals surface area contributed by atoms with Crippen molar-refractivity contribution in [1.29, 1.82) is 0 Å². The number of carbonyl (C=O) groups excluding carboxylic acids is 3. The molecule has 0 aromatic heterocycles. The number of ketones is 2. The highest BCUT2D eigenvalue weighted by Gasteiger charge is 2.21.